The number of phosphoric acid groups is 1. The molecule has 0 fully saturated rings. The van der Waals surface area contributed by atoms with E-state index in [1.165, 1.54) is 83.5 Å². The van der Waals surface area contributed by atoms with Gasteiger partial charge in [0, 0.05) is 12.8 Å². The fraction of sp³-hybridized carbons (Fsp3) is 0.771. The van der Waals surface area contributed by atoms with Crippen LogP contribution in [0.15, 0.2) is 48.6 Å². The van der Waals surface area contributed by atoms with Crippen molar-refractivity contribution in [3.63, 3.8) is 0 Å². The molecule has 0 heterocycles. The molecule has 0 aromatic rings. The number of unbranched alkanes of at least 4 members (excludes halogenated alkanes) is 22. The molecule has 0 radical (unpaired) electrons. The van der Waals surface area contributed by atoms with Crippen molar-refractivity contribution in [2.45, 2.75) is 219 Å². The molecule has 348 valence electrons. The number of phosphoric ester groups is 1. The van der Waals surface area contributed by atoms with Gasteiger partial charge < -0.3 is 25.2 Å². The Morgan fingerprint density at radius 2 is 0.933 bits per heavy atom. The number of carboxylic acids is 1. The molecule has 4 N–H and O–H groups in total. The molecule has 60 heavy (non-hydrogen) atoms. The molecule has 0 bridgehead atoms. The zero-order valence-electron chi connectivity index (χ0n) is 37.8. The Kier molecular flexibility index (Phi) is 41.3. The number of ether oxygens (including phenoxy) is 2. The van der Waals surface area contributed by atoms with Crippen LogP contribution in [0.1, 0.15) is 206 Å². The second-order valence-corrected chi connectivity index (χ2v) is 17.3. The fourth-order valence-electron chi connectivity index (χ4n) is 6.41. The summed E-state index contributed by atoms with van der Waals surface area (Å²) in [6.07, 6.45) is 48.8. The number of aliphatic carboxylic acids is 1. The maximum Gasteiger partial charge on any atom is 0.472 e. The van der Waals surface area contributed by atoms with Gasteiger partial charge in [-0.1, -0.05) is 191 Å². The van der Waals surface area contributed by atoms with E-state index in [0.717, 1.165) is 83.5 Å². The van der Waals surface area contributed by atoms with Crippen LogP contribution >= 0.6 is 7.82 Å². The molecular formula is C48H86NO10P. The van der Waals surface area contributed by atoms with Gasteiger partial charge >= 0.3 is 25.7 Å². The largest absolute Gasteiger partial charge is 0.480 e. The summed E-state index contributed by atoms with van der Waals surface area (Å²) in [5.41, 5.74) is 5.34. The lowest BCUT2D eigenvalue weighted by Crippen LogP contribution is -2.34. The van der Waals surface area contributed by atoms with Crippen LogP contribution in [-0.2, 0) is 37.5 Å². The molecule has 11 nitrogen and oxygen atoms in total. The molecule has 0 saturated carbocycles. The number of rotatable bonds is 44. The lowest BCUT2D eigenvalue weighted by atomic mass is 10.0. The van der Waals surface area contributed by atoms with E-state index in [9.17, 15) is 23.8 Å². The number of carboxylic acid groups (broad SMARTS) is 1. The highest BCUT2D eigenvalue weighted by atomic mass is 31.2. The van der Waals surface area contributed by atoms with E-state index < -0.39 is 51.1 Å². The Hall–Kier alpha value is -2.56. The summed E-state index contributed by atoms with van der Waals surface area (Å²) in [6.45, 7) is 2.70. The van der Waals surface area contributed by atoms with Gasteiger partial charge in [-0.25, -0.2) is 4.57 Å². The van der Waals surface area contributed by atoms with Gasteiger partial charge in [-0.3, -0.25) is 23.4 Å². The van der Waals surface area contributed by atoms with E-state index in [0.29, 0.717) is 12.8 Å². The van der Waals surface area contributed by atoms with Gasteiger partial charge in [0.05, 0.1) is 13.2 Å². The standard InChI is InChI=1S/C48H86NO10P/c1-3-5-7-9-11-13-15-17-19-21-22-24-26-28-30-32-34-36-38-40-47(51)59-44(42-57-60(54,55)58-43-45(49)48(52)53)41-56-46(50)39-37-35-33-31-29-27-25-23-20-18-16-14-12-10-8-6-4-2/h5,7,11,13,17,19,22,24,44-45H,3-4,6,8-10,12,14-16,18,20-21,23,25-43,49H2,1-2H3,(H,52,53)(H,54,55)/b7-5-,13-11-,19-17-,24-22-. The van der Waals surface area contributed by atoms with Crippen LogP contribution in [0.2, 0.25) is 0 Å². The fourth-order valence-corrected chi connectivity index (χ4v) is 7.19. The zero-order chi connectivity index (χ0) is 44.2. The maximum absolute atomic E-state index is 12.7. The summed E-state index contributed by atoms with van der Waals surface area (Å²) >= 11 is 0. The Labute approximate surface area is 365 Å². The third-order valence-electron chi connectivity index (χ3n) is 10.1. The minimum atomic E-state index is -4.72. The first-order chi connectivity index (χ1) is 29.1. The molecule has 0 rings (SSSR count). The Balaban J connectivity index is 4.32. The van der Waals surface area contributed by atoms with Crippen LogP contribution in [0.5, 0.6) is 0 Å². The van der Waals surface area contributed by atoms with Crippen LogP contribution < -0.4 is 5.73 Å². The number of carbonyl (C=O) groups excluding carboxylic acids is 2. The van der Waals surface area contributed by atoms with Gasteiger partial charge in [-0.05, 0) is 51.4 Å². The summed E-state index contributed by atoms with van der Waals surface area (Å²) in [5, 5.41) is 8.91. The minimum Gasteiger partial charge on any atom is -0.480 e. The van der Waals surface area contributed by atoms with E-state index in [4.69, 9.17) is 24.8 Å². The maximum atomic E-state index is 12.7. The van der Waals surface area contributed by atoms with Gasteiger partial charge in [-0.15, -0.1) is 0 Å². The number of hydrogen-bond donors (Lipinski definition) is 3. The first-order valence-electron chi connectivity index (χ1n) is 23.7. The van der Waals surface area contributed by atoms with Gasteiger partial charge in [0.1, 0.15) is 12.6 Å². The van der Waals surface area contributed by atoms with Crippen molar-refractivity contribution < 1.29 is 47.5 Å². The average Bonchev–Trinajstić information content (AvgIpc) is 3.22. The molecule has 3 unspecified atom stereocenters. The topological polar surface area (TPSA) is 172 Å². The molecule has 0 spiro atoms. The van der Waals surface area contributed by atoms with Crippen molar-refractivity contribution in [2.75, 3.05) is 19.8 Å². The normalized spacial score (nSPS) is 14.1. The number of allylic oxidation sites excluding steroid dienone is 8. The quantitative estimate of drug-likeness (QED) is 0.0230. The lowest BCUT2D eigenvalue weighted by Gasteiger charge is -2.20. The molecule has 0 amide bonds. The number of nitrogens with two attached hydrogens (primary N) is 1. The molecule has 0 aliphatic heterocycles. The molecule has 0 aliphatic rings. The lowest BCUT2D eigenvalue weighted by molar-refractivity contribution is -0.161. The Bertz CT molecular complexity index is 1200. The van der Waals surface area contributed by atoms with Crippen LogP contribution in [0.25, 0.3) is 0 Å². The van der Waals surface area contributed by atoms with Crippen LogP contribution in [-0.4, -0.2) is 59.9 Å². The van der Waals surface area contributed by atoms with E-state index in [1.807, 2.05) is 0 Å². The van der Waals surface area contributed by atoms with Crippen molar-refractivity contribution >= 4 is 25.7 Å². The SMILES string of the molecule is CC/C=C\C/C=C\C/C=C\C/C=C\CCCCCCCCC(=O)OC(COC(=O)CCCCCCCCCCCCCCCCCCC)COP(=O)(O)OCC(N)C(=O)O. The van der Waals surface area contributed by atoms with Gasteiger partial charge in [-0.2, -0.15) is 0 Å². The van der Waals surface area contributed by atoms with E-state index in [1.54, 1.807) is 0 Å². The molecule has 0 aromatic carbocycles. The highest BCUT2D eigenvalue weighted by molar-refractivity contribution is 7.47. The Morgan fingerprint density at radius 3 is 1.40 bits per heavy atom. The molecule has 0 saturated heterocycles. The summed E-state index contributed by atoms with van der Waals surface area (Å²) in [6, 6.07) is -1.52. The van der Waals surface area contributed by atoms with E-state index in [-0.39, 0.29) is 19.4 Å². The predicted octanol–water partition coefficient (Wildman–Crippen LogP) is 13.0. The second-order valence-electron chi connectivity index (χ2n) is 15.9. The summed E-state index contributed by atoms with van der Waals surface area (Å²) < 4.78 is 32.8. The minimum absolute atomic E-state index is 0.145. The van der Waals surface area contributed by atoms with Gasteiger partial charge in [0.2, 0.25) is 0 Å². The number of hydrogen-bond acceptors (Lipinski definition) is 9. The first-order valence-corrected chi connectivity index (χ1v) is 25.2. The molecule has 0 aromatic heterocycles. The third kappa shape index (κ3) is 42.1. The summed E-state index contributed by atoms with van der Waals surface area (Å²) in [5.74, 6) is -2.39. The number of esters is 2. The van der Waals surface area contributed by atoms with Gasteiger partial charge in [0.15, 0.2) is 6.10 Å². The summed E-state index contributed by atoms with van der Waals surface area (Å²) in [7, 11) is -4.72. The molecule has 0 aliphatic carbocycles. The van der Waals surface area contributed by atoms with E-state index in [2.05, 4.69) is 67.0 Å². The smallest absolute Gasteiger partial charge is 0.472 e. The first kappa shape index (κ1) is 57.4. The Morgan fingerprint density at radius 1 is 0.533 bits per heavy atom. The predicted molar refractivity (Wildman–Crippen MR) is 245 cm³/mol. The zero-order valence-corrected chi connectivity index (χ0v) is 38.7. The molecule has 3 atom stereocenters. The van der Waals surface area contributed by atoms with Crippen molar-refractivity contribution in [1.82, 2.24) is 0 Å². The van der Waals surface area contributed by atoms with Crippen LogP contribution in [0.4, 0.5) is 0 Å². The third-order valence-corrected chi connectivity index (χ3v) is 11.0. The highest BCUT2D eigenvalue weighted by Gasteiger charge is 2.28. The second kappa shape index (κ2) is 43.1. The van der Waals surface area contributed by atoms with Crippen molar-refractivity contribution in [1.29, 1.82) is 0 Å². The van der Waals surface area contributed by atoms with Gasteiger partial charge in [0.25, 0.3) is 0 Å². The summed E-state index contributed by atoms with van der Waals surface area (Å²) in [4.78, 5) is 46.1. The van der Waals surface area contributed by atoms with E-state index >= 15 is 0 Å². The van der Waals surface area contributed by atoms with Crippen LogP contribution in [0, 0.1) is 0 Å². The number of carbonyl (C=O) groups is 3. The van der Waals surface area contributed by atoms with Crippen LogP contribution in [0.3, 0.4) is 0 Å². The monoisotopic (exact) mass is 868 g/mol. The van der Waals surface area contributed by atoms with Crippen molar-refractivity contribution in [3.05, 3.63) is 48.6 Å². The van der Waals surface area contributed by atoms with Crippen molar-refractivity contribution in [3.8, 4) is 0 Å². The molecular weight excluding hydrogens is 781 g/mol. The average molecular weight is 868 g/mol. The molecule has 12 heteroatoms. The highest BCUT2D eigenvalue weighted by Crippen LogP contribution is 2.43. The van der Waals surface area contributed by atoms with Crippen molar-refractivity contribution in [2.24, 2.45) is 5.73 Å².